The van der Waals surface area contributed by atoms with Gasteiger partial charge in [0.15, 0.2) is 5.82 Å². The zero-order valence-electron chi connectivity index (χ0n) is 21.8. The molecule has 1 unspecified atom stereocenters. The van der Waals surface area contributed by atoms with Crippen LogP contribution in [0.3, 0.4) is 0 Å². The van der Waals surface area contributed by atoms with Gasteiger partial charge in [-0.15, -0.1) is 0 Å². The number of aromatic nitrogens is 1. The molecule has 206 valence electrons. The summed E-state index contributed by atoms with van der Waals surface area (Å²) in [6.45, 7) is 1.69. The highest BCUT2D eigenvalue weighted by molar-refractivity contribution is 5.91. The molecule has 3 aromatic rings. The highest BCUT2D eigenvalue weighted by Crippen LogP contribution is 2.48. The van der Waals surface area contributed by atoms with Gasteiger partial charge >= 0.3 is 12.1 Å². The van der Waals surface area contributed by atoms with E-state index in [1.165, 1.54) is 10.8 Å². The zero-order valence-corrected chi connectivity index (χ0v) is 21.8. The molecule has 1 aromatic heterocycles. The molecule has 9 heteroatoms. The van der Waals surface area contributed by atoms with Crippen LogP contribution >= 0.6 is 0 Å². The number of carbonyl (C=O) groups is 2. The van der Waals surface area contributed by atoms with E-state index in [1.54, 1.807) is 26.1 Å². The lowest BCUT2D eigenvalue weighted by atomic mass is 9.84. The lowest BCUT2D eigenvalue weighted by molar-refractivity contribution is -0.140. The van der Waals surface area contributed by atoms with Crippen LogP contribution in [-0.4, -0.2) is 33.8 Å². The maximum absolute atomic E-state index is 15.0. The molecular formula is C30H31F3N2O4. The molecule has 2 aromatic carbocycles. The number of hydrogen-bond acceptors (Lipinski definition) is 3. The van der Waals surface area contributed by atoms with E-state index in [4.69, 9.17) is 4.74 Å². The van der Waals surface area contributed by atoms with Crippen molar-refractivity contribution in [2.75, 3.05) is 5.32 Å². The van der Waals surface area contributed by atoms with E-state index >= 15 is 0 Å². The van der Waals surface area contributed by atoms with Gasteiger partial charge in [0.25, 0.3) is 0 Å². The van der Waals surface area contributed by atoms with Crippen LogP contribution in [0.15, 0.2) is 54.7 Å². The first-order valence-corrected chi connectivity index (χ1v) is 13.1. The molecule has 1 amide bonds. The van der Waals surface area contributed by atoms with E-state index in [0.29, 0.717) is 18.4 Å². The van der Waals surface area contributed by atoms with Gasteiger partial charge in [0, 0.05) is 26.1 Å². The van der Waals surface area contributed by atoms with Crippen LogP contribution in [-0.2, 0) is 22.0 Å². The fourth-order valence-electron chi connectivity index (χ4n) is 5.50. The Balaban J connectivity index is 1.28. The Labute approximate surface area is 224 Å². The predicted octanol–water partition coefficient (Wildman–Crippen LogP) is 7.38. The van der Waals surface area contributed by atoms with Crippen LogP contribution in [0.4, 0.5) is 23.8 Å². The van der Waals surface area contributed by atoms with Crippen molar-refractivity contribution in [2.24, 2.45) is 13.0 Å². The summed E-state index contributed by atoms with van der Waals surface area (Å²) in [7, 11) is 1.61. The number of nitrogens with zero attached hydrogens (tertiary/aromatic N) is 1. The number of carboxylic acids is 1. The minimum absolute atomic E-state index is 0.152. The molecular weight excluding hydrogens is 509 g/mol. The van der Waals surface area contributed by atoms with Crippen molar-refractivity contribution in [1.29, 1.82) is 0 Å². The van der Waals surface area contributed by atoms with Gasteiger partial charge in [-0.2, -0.15) is 0 Å². The van der Waals surface area contributed by atoms with Gasteiger partial charge in [-0.3, -0.25) is 10.1 Å². The van der Waals surface area contributed by atoms with Crippen LogP contribution < -0.4 is 5.32 Å². The van der Waals surface area contributed by atoms with Crippen molar-refractivity contribution < 1.29 is 32.6 Å². The molecule has 2 aliphatic rings. The number of rotatable bonds is 7. The summed E-state index contributed by atoms with van der Waals surface area (Å²) < 4.78 is 48.8. The van der Waals surface area contributed by atoms with Gasteiger partial charge < -0.3 is 14.4 Å². The molecule has 2 saturated carbocycles. The first-order chi connectivity index (χ1) is 18.5. The quantitative estimate of drug-likeness (QED) is 0.328. The monoisotopic (exact) mass is 540 g/mol. The molecule has 0 spiro atoms. The third-order valence-corrected chi connectivity index (χ3v) is 8.18. The minimum atomic E-state index is -2.66. The first kappa shape index (κ1) is 26.8. The number of ether oxygens (including phenoxy) is 1. The molecule has 5 rings (SSSR count). The molecule has 0 aliphatic heterocycles. The summed E-state index contributed by atoms with van der Waals surface area (Å²) in [5.74, 6) is -3.91. The molecule has 0 bridgehead atoms. The fraction of sp³-hybridized carbons (Fsp3) is 0.400. The molecule has 39 heavy (non-hydrogen) atoms. The number of amides is 1. The van der Waals surface area contributed by atoms with Gasteiger partial charge in [-0.05, 0) is 60.8 Å². The van der Waals surface area contributed by atoms with Gasteiger partial charge in [0.05, 0.1) is 11.0 Å². The summed E-state index contributed by atoms with van der Waals surface area (Å²) in [6, 6.07) is 14.6. The standard InChI is InChI=1S/C30H31F3N2O4/c1-18(19-11-13-30(32,33)14-12-19)39-28(38)34-26-25(24(31)17-35(26)2)22-5-3-20(4-6-22)21-7-9-23(10-8-21)29(15-16-29)27(36)37/h3-10,17-19H,11-16H2,1-2H3,(H,34,38)(H,36,37). The molecule has 0 saturated heterocycles. The van der Waals surface area contributed by atoms with E-state index in [9.17, 15) is 27.9 Å². The van der Waals surface area contributed by atoms with E-state index in [2.05, 4.69) is 5.32 Å². The first-order valence-electron chi connectivity index (χ1n) is 13.1. The van der Waals surface area contributed by atoms with Crippen LogP contribution in [0, 0.1) is 11.7 Å². The fourth-order valence-corrected chi connectivity index (χ4v) is 5.50. The maximum atomic E-state index is 15.0. The van der Waals surface area contributed by atoms with E-state index in [1.807, 2.05) is 36.4 Å². The van der Waals surface area contributed by atoms with Crippen molar-refractivity contribution >= 4 is 17.9 Å². The second-order valence-corrected chi connectivity index (χ2v) is 10.8. The third-order valence-electron chi connectivity index (χ3n) is 8.18. The lowest BCUT2D eigenvalue weighted by Crippen LogP contribution is -2.33. The van der Waals surface area contributed by atoms with Gasteiger partial charge in [-0.1, -0.05) is 48.5 Å². The van der Waals surface area contributed by atoms with Gasteiger partial charge in [-0.25, -0.2) is 18.0 Å². The van der Waals surface area contributed by atoms with Crippen molar-refractivity contribution in [2.45, 2.75) is 62.9 Å². The molecule has 6 nitrogen and oxygen atoms in total. The number of alkyl halides is 2. The molecule has 1 heterocycles. The van der Waals surface area contributed by atoms with Crippen molar-refractivity contribution in [3.8, 4) is 22.3 Å². The summed E-state index contributed by atoms with van der Waals surface area (Å²) >= 11 is 0. The predicted molar refractivity (Wildman–Crippen MR) is 141 cm³/mol. The third kappa shape index (κ3) is 5.40. The SMILES string of the molecule is CC(OC(=O)Nc1c(-c2ccc(-c3ccc(C4(C(=O)O)CC4)cc3)cc2)c(F)cn1C)C1CCC(F)(F)CC1. The summed E-state index contributed by atoms with van der Waals surface area (Å²) in [5.41, 5.74) is 2.56. The van der Waals surface area contributed by atoms with Crippen molar-refractivity contribution in [3.05, 3.63) is 66.1 Å². The average Bonchev–Trinajstić information content (AvgIpc) is 3.66. The molecule has 1 atom stereocenters. The number of halogens is 3. The van der Waals surface area contributed by atoms with E-state index in [0.717, 1.165) is 16.7 Å². The molecule has 2 aliphatic carbocycles. The summed E-state index contributed by atoms with van der Waals surface area (Å²) in [5, 5.41) is 12.1. The van der Waals surface area contributed by atoms with Crippen LogP contribution in [0.1, 0.15) is 51.0 Å². The molecule has 0 radical (unpaired) electrons. The number of aliphatic carboxylic acids is 1. The zero-order chi connectivity index (χ0) is 27.9. The van der Waals surface area contributed by atoms with E-state index < -0.39 is 35.3 Å². The normalized spacial score (nSPS) is 18.8. The Morgan fingerprint density at radius 1 is 0.974 bits per heavy atom. The number of nitrogens with one attached hydrogen (secondary N) is 1. The Kier molecular flexibility index (Phi) is 6.95. The van der Waals surface area contributed by atoms with Crippen molar-refractivity contribution in [1.82, 2.24) is 4.57 Å². The maximum Gasteiger partial charge on any atom is 0.413 e. The van der Waals surface area contributed by atoms with Crippen LogP contribution in [0.5, 0.6) is 0 Å². The number of anilines is 1. The van der Waals surface area contributed by atoms with Crippen LogP contribution in [0.25, 0.3) is 22.3 Å². The van der Waals surface area contributed by atoms with Crippen LogP contribution in [0.2, 0.25) is 0 Å². The average molecular weight is 541 g/mol. The van der Waals surface area contributed by atoms with Gasteiger partial charge in [0.1, 0.15) is 11.9 Å². The number of aryl methyl sites for hydroxylation is 1. The highest BCUT2D eigenvalue weighted by Gasteiger charge is 2.51. The Hall–Kier alpha value is -3.75. The number of hydrogen-bond donors (Lipinski definition) is 2. The smallest absolute Gasteiger partial charge is 0.413 e. The summed E-state index contributed by atoms with van der Waals surface area (Å²) in [6.07, 6.45) is 1.34. The second kappa shape index (κ2) is 10.1. The Bertz CT molecular complexity index is 1370. The number of carboxylic acid groups (broad SMARTS) is 1. The number of carbonyl (C=O) groups excluding carboxylic acids is 1. The second-order valence-electron chi connectivity index (χ2n) is 10.8. The van der Waals surface area contributed by atoms with E-state index in [-0.39, 0.29) is 43.0 Å². The molecule has 2 N–H and O–H groups in total. The lowest BCUT2D eigenvalue weighted by Gasteiger charge is -2.31. The van der Waals surface area contributed by atoms with Gasteiger partial charge in [0.2, 0.25) is 5.92 Å². The van der Waals surface area contributed by atoms with Crippen molar-refractivity contribution in [3.63, 3.8) is 0 Å². The minimum Gasteiger partial charge on any atom is -0.481 e. The summed E-state index contributed by atoms with van der Waals surface area (Å²) in [4.78, 5) is 24.3. The Morgan fingerprint density at radius 2 is 1.51 bits per heavy atom. The molecule has 2 fully saturated rings. The number of benzene rings is 2. The largest absolute Gasteiger partial charge is 0.481 e. The highest BCUT2D eigenvalue weighted by atomic mass is 19.3. The Morgan fingerprint density at radius 3 is 2.05 bits per heavy atom. The topological polar surface area (TPSA) is 80.6 Å².